The SMILES string of the molecule is CCCCCOC(=O)C(C)(C)N[P@@](=O)(CO[C@H](C)Cn1cnc2c(N)ncnc21)NC(=O)c1ccccc1OC. The largest absolute Gasteiger partial charge is 0.496 e. The molecular formula is C26H38N7O6P. The lowest BCUT2D eigenvalue weighted by atomic mass is 10.1. The molecule has 0 aliphatic carbocycles. The maximum absolute atomic E-state index is 14.2. The van der Waals surface area contributed by atoms with Gasteiger partial charge < -0.3 is 24.5 Å². The Morgan fingerprint density at radius 1 is 1.18 bits per heavy atom. The molecule has 40 heavy (non-hydrogen) atoms. The van der Waals surface area contributed by atoms with E-state index in [4.69, 9.17) is 19.9 Å². The highest BCUT2D eigenvalue weighted by atomic mass is 31.2. The minimum atomic E-state index is -3.89. The fourth-order valence-electron chi connectivity index (χ4n) is 3.94. The summed E-state index contributed by atoms with van der Waals surface area (Å²) in [5, 5.41) is 5.39. The Morgan fingerprint density at radius 2 is 1.93 bits per heavy atom. The first kappa shape index (κ1) is 31.0. The van der Waals surface area contributed by atoms with Crippen LogP contribution in [0.2, 0.25) is 0 Å². The number of rotatable bonds is 15. The molecule has 2 atom stereocenters. The van der Waals surface area contributed by atoms with E-state index in [1.807, 2.05) is 6.92 Å². The Morgan fingerprint density at radius 3 is 2.65 bits per heavy atom. The number of nitrogens with zero attached hydrogens (tertiary/aromatic N) is 4. The standard InChI is InChI=1S/C26H38N7O6P/c1-6-7-10-13-38-25(35)26(3,4)32-40(36,31-24(34)19-11-8-9-12-20(19)37-5)17-39-18(2)14-33-16-30-21-22(27)28-15-29-23(21)33/h8-9,11-12,15-16,18H,6-7,10,13-14,17H2,1-5H3,(H2,27,28,29)(H2,31,32,34,36)/t18-,40-/m1/s1. The summed E-state index contributed by atoms with van der Waals surface area (Å²) in [6, 6.07) is 6.55. The van der Waals surface area contributed by atoms with Gasteiger partial charge in [0.15, 0.2) is 11.5 Å². The molecule has 4 N–H and O–H groups in total. The van der Waals surface area contributed by atoms with Gasteiger partial charge in [-0.05, 0) is 39.3 Å². The second-order valence-corrected chi connectivity index (χ2v) is 12.1. The number of aromatic nitrogens is 4. The number of ether oxygens (including phenoxy) is 3. The molecule has 0 radical (unpaired) electrons. The molecular weight excluding hydrogens is 537 g/mol. The van der Waals surface area contributed by atoms with Crippen molar-refractivity contribution in [2.75, 3.05) is 25.8 Å². The number of benzene rings is 1. The van der Waals surface area contributed by atoms with Gasteiger partial charge in [0.05, 0.1) is 38.3 Å². The van der Waals surface area contributed by atoms with Crippen molar-refractivity contribution in [3.63, 3.8) is 0 Å². The van der Waals surface area contributed by atoms with Crippen molar-refractivity contribution in [2.24, 2.45) is 0 Å². The molecule has 3 rings (SSSR count). The molecule has 0 fully saturated rings. The third-order valence-electron chi connectivity index (χ3n) is 6.01. The number of hydrogen-bond acceptors (Lipinski definition) is 10. The van der Waals surface area contributed by atoms with Gasteiger partial charge in [0.25, 0.3) is 13.4 Å². The first-order chi connectivity index (χ1) is 19.0. The summed E-state index contributed by atoms with van der Waals surface area (Å²) >= 11 is 0. The summed E-state index contributed by atoms with van der Waals surface area (Å²) in [6.45, 7) is 7.46. The summed E-state index contributed by atoms with van der Waals surface area (Å²) in [6.07, 6.45) is 4.63. The van der Waals surface area contributed by atoms with E-state index >= 15 is 0 Å². The van der Waals surface area contributed by atoms with Crippen LogP contribution in [0.3, 0.4) is 0 Å². The van der Waals surface area contributed by atoms with E-state index in [1.54, 1.807) is 55.9 Å². The predicted molar refractivity (Wildman–Crippen MR) is 151 cm³/mol. The van der Waals surface area contributed by atoms with Gasteiger partial charge in [-0.1, -0.05) is 31.9 Å². The van der Waals surface area contributed by atoms with Crippen LogP contribution in [0.4, 0.5) is 5.82 Å². The van der Waals surface area contributed by atoms with Crippen molar-refractivity contribution in [1.29, 1.82) is 0 Å². The molecule has 0 unspecified atom stereocenters. The third kappa shape index (κ3) is 8.00. The normalized spacial score (nSPS) is 13.9. The Labute approximate surface area is 233 Å². The minimum Gasteiger partial charge on any atom is -0.496 e. The number of amides is 1. The Kier molecular flexibility index (Phi) is 10.6. The van der Waals surface area contributed by atoms with Crippen LogP contribution in [0.5, 0.6) is 5.75 Å². The van der Waals surface area contributed by atoms with E-state index in [0.717, 1.165) is 19.3 Å². The molecule has 218 valence electrons. The predicted octanol–water partition coefficient (Wildman–Crippen LogP) is 3.50. The van der Waals surface area contributed by atoms with Crippen LogP contribution in [0.15, 0.2) is 36.9 Å². The monoisotopic (exact) mass is 575 g/mol. The summed E-state index contributed by atoms with van der Waals surface area (Å²) in [4.78, 5) is 38.5. The van der Waals surface area contributed by atoms with Crippen LogP contribution in [0.25, 0.3) is 11.2 Å². The molecule has 14 heteroatoms. The number of methoxy groups -OCH3 is 1. The van der Waals surface area contributed by atoms with E-state index < -0.39 is 37.3 Å². The van der Waals surface area contributed by atoms with Gasteiger partial charge >= 0.3 is 5.97 Å². The molecule has 0 spiro atoms. The zero-order chi connectivity index (χ0) is 29.3. The van der Waals surface area contributed by atoms with Crippen molar-refractivity contribution in [3.05, 3.63) is 42.5 Å². The van der Waals surface area contributed by atoms with E-state index in [9.17, 15) is 14.2 Å². The van der Waals surface area contributed by atoms with Crippen LogP contribution in [-0.4, -0.2) is 63.1 Å². The number of carbonyl (C=O) groups is 2. The number of para-hydroxylation sites is 1. The minimum absolute atomic E-state index is 0.183. The lowest BCUT2D eigenvalue weighted by Crippen LogP contribution is -2.49. The van der Waals surface area contributed by atoms with Crippen LogP contribution >= 0.6 is 7.44 Å². The Hall–Kier alpha value is -3.54. The maximum atomic E-state index is 14.2. The van der Waals surface area contributed by atoms with Gasteiger partial charge in [0.1, 0.15) is 29.5 Å². The van der Waals surface area contributed by atoms with Crippen LogP contribution in [0.1, 0.15) is 57.3 Å². The maximum Gasteiger partial charge on any atom is 0.326 e. The second-order valence-electron chi connectivity index (χ2n) is 9.90. The number of nitrogen functional groups attached to an aromatic ring is 1. The third-order valence-corrected chi connectivity index (χ3v) is 8.01. The van der Waals surface area contributed by atoms with Gasteiger partial charge in [0.2, 0.25) is 0 Å². The number of carbonyl (C=O) groups excluding carboxylic acids is 2. The number of anilines is 1. The molecule has 1 aromatic carbocycles. The van der Waals surface area contributed by atoms with Gasteiger partial charge in [-0.3, -0.25) is 19.2 Å². The highest BCUT2D eigenvalue weighted by Gasteiger charge is 2.39. The average molecular weight is 576 g/mol. The van der Waals surface area contributed by atoms with Crippen LogP contribution in [0, 0.1) is 0 Å². The number of unbranched alkanes of at least 4 members (excludes halogenated alkanes) is 2. The molecule has 1 amide bonds. The summed E-state index contributed by atoms with van der Waals surface area (Å²) in [5.74, 6) is -0.674. The molecule has 0 aliphatic heterocycles. The quantitative estimate of drug-likeness (QED) is 0.137. The fraction of sp³-hybridized carbons (Fsp3) is 0.500. The summed E-state index contributed by atoms with van der Waals surface area (Å²) in [7, 11) is -2.45. The number of nitrogens with two attached hydrogens (primary N) is 1. The molecule has 0 saturated heterocycles. The molecule has 0 saturated carbocycles. The molecule has 2 aromatic heterocycles. The van der Waals surface area contributed by atoms with Gasteiger partial charge in [0, 0.05) is 0 Å². The zero-order valence-electron chi connectivity index (χ0n) is 23.5. The summed E-state index contributed by atoms with van der Waals surface area (Å²) < 4.78 is 32.5. The van der Waals surface area contributed by atoms with Crippen molar-refractivity contribution < 1.29 is 28.4 Å². The first-order valence-electron chi connectivity index (χ1n) is 13.0. The number of hydrogen-bond donors (Lipinski definition) is 3. The van der Waals surface area contributed by atoms with E-state index in [2.05, 4.69) is 25.1 Å². The lowest BCUT2D eigenvalue weighted by molar-refractivity contribution is -0.149. The number of imidazole rings is 1. The Bertz CT molecular complexity index is 1360. The van der Waals surface area contributed by atoms with Gasteiger partial charge in [-0.2, -0.15) is 0 Å². The van der Waals surface area contributed by atoms with Gasteiger partial charge in [-0.15, -0.1) is 0 Å². The highest BCUT2D eigenvalue weighted by molar-refractivity contribution is 7.60. The number of nitrogens with one attached hydrogen (secondary N) is 2. The number of esters is 1. The van der Waals surface area contributed by atoms with Crippen molar-refractivity contribution >= 4 is 36.3 Å². The van der Waals surface area contributed by atoms with E-state index in [0.29, 0.717) is 23.5 Å². The lowest BCUT2D eigenvalue weighted by Gasteiger charge is -2.31. The second kappa shape index (κ2) is 13.7. The molecule has 2 heterocycles. The number of fused-ring (bicyclic) bond motifs is 1. The smallest absolute Gasteiger partial charge is 0.326 e. The molecule has 0 bridgehead atoms. The van der Waals surface area contributed by atoms with Crippen LogP contribution in [-0.2, 0) is 25.4 Å². The summed E-state index contributed by atoms with van der Waals surface area (Å²) in [5.41, 5.74) is 5.65. The van der Waals surface area contributed by atoms with Crippen molar-refractivity contribution in [2.45, 2.75) is 65.1 Å². The highest BCUT2D eigenvalue weighted by Crippen LogP contribution is 2.40. The fourth-order valence-corrected chi connectivity index (χ4v) is 6.03. The van der Waals surface area contributed by atoms with Crippen molar-refractivity contribution in [3.8, 4) is 5.75 Å². The molecule has 3 aromatic rings. The molecule has 0 aliphatic rings. The first-order valence-corrected chi connectivity index (χ1v) is 14.9. The van der Waals surface area contributed by atoms with Gasteiger partial charge in [-0.25, -0.2) is 20.0 Å². The average Bonchev–Trinajstić information content (AvgIpc) is 3.33. The Balaban J connectivity index is 1.77. The van der Waals surface area contributed by atoms with Crippen molar-refractivity contribution in [1.82, 2.24) is 29.7 Å². The molecule has 13 nitrogen and oxygen atoms in total. The van der Waals surface area contributed by atoms with Crippen LogP contribution < -0.4 is 20.6 Å². The topological polar surface area (TPSA) is 173 Å². The van der Waals surface area contributed by atoms with E-state index in [-0.39, 0.29) is 18.0 Å². The zero-order valence-corrected chi connectivity index (χ0v) is 24.4. The van der Waals surface area contributed by atoms with E-state index in [1.165, 1.54) is 13.4 Å².